The predicted octanol–water partition coefficient (Wildman–Crippen LogP) is 3.01. The van der Waals surface area contributed by atoms with Crippen molar-refractivity contribution in [3.63, 3.8) is 0 Å². The zero-order valence-electron chi connectivity index (χ0n) is 16.2. The summed E-state index contributed by atoms with van der Waals surface area (Å²) in [7, 11) is 1.28. The first-order valence-electron chi connectivity index (χ1n) is 9.05. The first-order valence-corrected chi connectivity index (χ1v) is 9.05. The van der Waals surface area contributed by atoms with E-state index in [4.69, 9.17) is 14.9 Å². The topological polar surface area (TPSA) is 113 Å². The van der Waals surface area contributed by atoms with Crippen LogP contribution in [0.3, 0.4) is 0 Å². The molecular formula is C21H21F2NO6. The number of carboxylic acids is 2. The first kappa shape index (κ1) is 22.8. The summed E-state index contributed by atoms with van der Waals surface area (Å²) >= 11 is 0. The van der Waals surface area contributed by atoms with Crippen LogP contribution in [0.25, 0.3) is 11.1 Å². The van der Waals surface area contributed by atoms with E-state index in [1.165, 1.54) is 7.11 Å². The molecule has 2 aromatic rings. The molecule has 0 aliphatic carbocycles. The summed E-state index contributed by atoms with van der Waals surface area (Å²) in [5.74, 6) is -4.48. The number of benzene rings is 2. The monoisotopic (exact) mass is 421 g/mol. The van der Waals surface area contributed by atoms with Crippen molar-refractivity contribution in [1.82, 2.24) is 5.32 Å². The molecule has 1 amide bonds. The van der Waals surface area contributed by atoms with E-state index >= 15 is 0 Å². The number of carboxylic acid groups (broad SMARTS) is 2. The van der Waals surface area contributed by atoms with Gasteiger partial charge in [0, 0.05) is 24.1 Å². The maximum atomic E-state index is 13.9. The summed E-state index contributed by atoms with van der Waals surface area (Å²) in [5.41, 5.74) is 1.40. The van der Waals surface area contributed by atoms with E-state index < -0.39 is 35.5 Å². The van der Waals surface area contributed by atoms with Crippen LogP contribution in [-0.2, 0) is 20.8 Å². The largest absolute Gasteiger partial charge is 0.493 e. The van der Waals surface area contributed by atoms with Gasteiger partial charge in [0.05, 0.1) is 20.0 Å². The van der Waals surface area contributed by atoms with Gasteiger partial charge in [-0.3, -0.25) is 14.4 Å². The Morgan fingerprint density at radius 1 is 1.03 bits per heavy atom. The number of ether oxygens (including phenoxy) is 1. The third kappa shape index (κ3) is 6.54. The SMILES string of the molecule is COc1c(F)cc(F)cc1-c1ccc(CC(CC(=O)O)NC(=O)CCC(=O)O)cc1. The minimum atomic E-state index is -1.13. The Hall–Kier alpha value is -3.49. The molecule has 0 fully saturated rings. The molecule has 0 bridgehead atoms. The predicted molar refractivity (Wildman–Crippen MR) is 103 cm³/mol. The molecule has 2 aromatic carbocycles. The number of halogens is 2. The molecule has 0 aromatic heterocycles. The van der Waals surface area contributed by atoms with Crippen LogP contribution in [0.1, 0.15) is 24.8 Å². The maximum Gasteiger partial charge on any atom is 0.305 e. The fourth-order valence-electron chi connectivity index (χ4n) is 2.99. The summed E-state index contributed by atoms with van der Waals surface area (Å²) in [5, 5.41) is 20.2. The molecule has 3 N–H and O–H groups in total. The number of carbonyl (C=O) groups excluding carboxylic acids is 1. The standard InChI is InChI=1S/C21H21F2NO6/c1-30-21-16(9-14(22)10-17(21)23)13-4-2-12(3-5-13)8-15(11-20(28)29)24-18(25)6-7-19(26)27/h2-5,9-10,15H,6-8,11H2,1H3,(H,24,25)(H,26,27)(H,28,29). The fraction of sp³-hybridized carbons (Fsp3) is 0.286. The second-order valence-corrected chi connectivity index (χ2v) is 6.63. The van der Waals surface area contributed by atoms with E-state index in [2.05, 4.69) is 5.32 Å². The first-order chi connectivity index (χ1) is 14.2. The average Bonchev–Trinajstić information content (AvgIpc) is 2.66. The van der Waals surface area contributed by atoms with Crippen LogP contribution in [0.5, 0.6) is 5.75 Å². The highest BCUT2D eigenvalue weighted by molar-refractivity contribution is 5.81. The summed E-state index contributed by atoms with van der Waals surface area (Å²) in [4.78, 5) is 33.5. The van der Waals surface area contributed by atoms with Gasteiger partial charge in [-0.05, 0) is 23.6 Å². The number of carbonyl (C=O) groups is 3. The molecule has 0 saturated carbocycles. The number of rotatable bonds is 10. The van der Waals surface area contributed by atoms with Crippen LogP contribution in [0.4, 0.5) is 8.78 Å². The Balaban J connectivity index is 2.16. The van der Waals surface area contributed by atoms with Crippen molar-refractivity contribution >= 4 is 17.8 Å². The van der Waals surface area contributed by atoms with Crippen molar-refractivity contribution in [2.75, 3.05) is 7.11 Å². The average molecular weight is 421 g/mol. The van der Waals surface area contributed by atoms with E-state index in [9.17, 15) is 23.2 Å². The van der Waals surface area contributed by atoms with Crippen LogP contribution in [-0.4, -0.2) is 41.2 Å². The Morgan fingerprint density at radius 2 is 1.70 bits per heavy atom. The molecular weight excluding hydrogens is 400 g/mol. The quantitative estimate of drug-likeness (QED) is 0.544. The van der Waals surface area contributed by atoms with Gasteiger partial charge < -0.3 is 20.3 Å². The van der Waals surface area contributed by atoms with E-state index in [0.717, 1.165) is 12.1 Å². The molecule has 7 nitrogen and oxygen atoms in total. The van der Waals surface area contributed by atoms with Crippen molar-refractivity contribution in [3.05, 3.63) is 53.6 Å². The van der Waals surface area contributed by atoms with Gasteiger partial charge >= 0.3 is 11.9 Å². The summed E-state index contributed by atoms with van der Waals surface area (Å²) < 4.78 is 32.5. The number of hydrogen-bond acceptors (Lipinski definition) is 4. The van der Waals surface area contributed by atoms with E-state index in [1.807, 2.05) is 0 Å². The number of methoxy groups -OCH3 is 1. The van der Waals surface area contributed by atoms with E-state index in [-0.39, 0.29) is 37.0 Å². The van der Waals surface area contributed by atoms with E-state index in [1.54, 1.807) is 24.3 Å². The normalized spacial score (nSPS) is 11.6. The van der Waals surface area contributed by atoms with Crippen LogP contribution < -0.4 is 10.1 Å². The van der Waals surface area contributed by atoms with Crippen molar-refractivity contribution < 1.29 is 38.1 Å². The minimum Gasteiger partial charge on any atom is -0.493 e. The third-order valence-electron chi connectivity index (χ3n) is 4.31. The fourth-order valence-corrected chi connectivity index (χ4v) is 2.99. The van der Waals surface area contributed by atoms with E-state index in [0.29, 0.717) is 11.1 Å². The molecule has 1 atom stereocenters. The minimum absolute atomic E-state index is 0.0985. The zero-order chi connectivity index (χ0) is 22.3. The van der Waals surface area contributed by atoms with Gasteiger partial charge in [0.15, 0.2) is 11.6 Å². The van der Waals surface area contributed by atoms with Crippen molar-refractivity contribution in [2.45, 2.75) is 31.7 Å². The van der Waals surface area contributed by atoms with Gasteiger partial charge in [-0.15, -0.1) is 0 Å². The number of nitrogens with one attached hydrogen (secondary N) is 1. The van der Waals surface area contributed by atoms with Crippen molar-refractivity contribution in [2.24, 2.45) is 0 Å². The van der Waals surface area contributed by atoms with Gasteiger partial charge in [-0.25, -0.2) is 8.78 Å². The third-order valence-corrected chi connectivity index (χ3v) is 4.31. The Bertz CT molecular complexity index is 930. The molecule has 0 aliphatic rings. The summed E-state index contributed by atoms with van der Waals surface area (Å²) in [6.45, 7) is 0. The summed E-state index contributed by atoms with van der Waals surface area (Å²) in [6.07, 6.45) is -0.773. The molecule has 9 heteroatoms. The van der Waals surface area contributed by atoms with Gasteiger partial charge in [0.2, 0.25) is 5.91 Å². The van der Waals surface area contributed by atoms with Gasteiger partial charge in [0.1, 0.15) is 5.82 Å². The number of aliphatic carboxylic acids is 2. The second-order valence-electron chi connectivity index (χ2n) is 6.63. The van der Waals surface area contributed by atoms with Crippen LogP contribution in [0.15, 0.2) is 36.4 Å². The molecule has 0 heterocycles. The molecule has 0 spiro atoms. The zero-order valence-corrected chi connectivity index (χ0v) is 16.2. The molecule has 0 aliphatic heterocycles. The second kappa shape index (κ2) is 10.3. The Kier molecular flexibility index (Phi) is 7.85. The molecule has 2 rings (SSSR count). The highest BCUT2D eigenvalue weighted by Gasteiger charge is 2.18. The maximum absolute atomic E-state index is 13.9. The van der Waals surface area contributed by atoms with Crippen molar-refractivity contribution in [1.29, 1.82) is 0 Å². The molecule has 1 unspecified atom stereocenters. The van der Waals surface area contributed by atoms with Gasteiger partial charge in [0.25, 0.3) is 0 Å². The Morgan fingerprint density at radius 3 is 2.27 bits per heavy atom. The van der Waals surface area contributed by atoms with Gasteiger partial charge in [-0.2, -0.15) is 0 Å². The lowest BCUT2D eigenvalue weighted by molar-refractivity contribution is -0.140. The smallest absolute Gasteiger partial charge is 0.305 e. The molecule has 0 radical (unpaired) electrons. The van der Waals surface area contributed by atoms with Crippen molar-refractivity contribution in [3.8, 4) is 16.9 Å². The highest BCUT2D eigenvalue weighted by atomic mass is 19.1. The number of amides is 1. The summed E-state index contributed by atoms with van der Waals surface area (Å²) in [6, 6.07) is 7.64. The molecule has 160 valence electrons. The molecule has 0 saturated heterocycles. The van der Waals surface area contributed by atoms with Crippen LogP contribution in [0, 0.1) is 11.6 Å². The lowest BCUT2D eigenvalue weighted by Crippen LogP contribution is -2.38. The number of hydrogen-bond donors (Lipinski definition) is 3. The highest BCUT2D eigenvalue weighted by Crippen LogP contribution is 2.33. The lowest BCUT2D eigenvalue weighted by Gasteiger charge is -2.17. The Labute approximate surface area is 171 Å². The van der Waals surface area contributed by atoms with Gasteiger partial charge in [-0.1, -0.05) is 24.3 Å². The van der Waals surface area contributed by atoms with Crippen LogP contribution >= 0.6 is 0 Å². The molecule has 30 heavy (non-hydrogen) atoms. The lowest BCUT2D eigenvalue weighted by atomic mass is 9.98. The van der Waals surface area contributed by atoms with Crippen LogP contribution in [0.2, 0.25) is 0 Å².